The summed E-state index contributed by atoms with van der Waals surface area (Å²) in [5, 5.41) is 3.97. The average Bonchev–Trinajstić information content (AvgIpc) is 3.09. The molecule has 3 rings (SSSR count). The zero-order chi connectivity index (χ0) is 21.7. The molecule has 0 saturated carbocycles. The molecule has 30 heavy (non-hydrogen) atoms. The van der Waals surface area contributed by atoms with E-state index in [0.29, 0.717) is 16.3 Å². The zero-order valence-corrected chi connectivity index (χ0v) is 16.3. The number of ether oxygens (including phenoxy) is 1. The van der Waals surface area contributed by atoms with E-state index in [9.17, 15) is 23.6 Å². The van der Waals surface area contributed by atoms with E-state index in [1.165, 1.54) is 36.4 Å². The van der Waals surface area contributed by atoms with Crippen molar-refractivity contribution in [1.29, 1.82) is 0 Å². The summed E-state index contributed by atoms with van der Waals surface area (Å²) in [6, 6.07) is 11.2. The summed E-state index contributed by atoms with van der Waals surface area (Å²) in [5.41, 5.74) is 3.09. The van der Waals surface area contributed by atoms with Crippen LogP contribution in [-0.2, 0) is 19.1 Å². The maximum Gasteiger partial charge on any atom is 0.311 e. The highest BCUT2D eigenvalue weighted by Gasteiger charge is 2.36. The standard InChI is InChI=1S/C20H17ClFN3O5/c21-14-3-1-12(2-4-14)19(28)24-25-10-13(9-18(25)27)20(29)30-11-17(26)23-16-7-5-15(22)6-8-16/h1-8,13H,9-11H2,(H,23,26)(H,24,28)/t13-/m1/s1. The molecule has 1 saturated heterocycles. The monoisotopic (exact) mass is 433 g/mol. The van der Waals surface area contributed by atoms with Crippen molar-refractivity contribution in [3.8, 4) is 0 Å². The van der Waals surface area contributed by atoms with E-state index >= 15 is 0 Å². The fourth-order valence-corrected chi connectivity index (χ4v) is 2.87. The normalized spacial score (nSPS) is 15.6. The molecule has 1 aliphatic rings. The van der Waals surface area contributed by atoms with Crippen LogP contribution in [0.2, 0.25) is 5.02 Å². The Kier molecular flexibility index (Phi) is 6.63. The SMILES string of the molecule is O=C(COC(=O)[C@@H]1CC(=O)N(NC(=O)c2ccc(Cl)cc2)C1)Nc1ccc(F)cc1. The summed E-state index contributed by atoms with van der Waals surface area (Å²) in [6.07, 6.45) is -0.153. The highest BCUT2D eigenvalue weighted by Crippen LogP contribution is 2.18. The fourth-order valence-electron chi connectivity index (χ4n) is 2.75. The van der Waals surface area contributed by atoms with Gasteiger partial charge < -0.3 is 10.1 Å². The molecular weight excluding hydrogens is 417 g/mol. The lowest BCUT2D eigenvalue weighted by molar-refractivity contribution is -0.151. The van der Waals surface area contributed by atoms with E-state index in [0.717, 1.165) is 5.01 Å². The molecule has 8 nitrogen and oxygen atoms in total. The lowest BCUT2D eigenvalue weighted by Gasteiger charge is -2.17. The van der Waals surface area contributed by atoms with Crippen LogP contribution in [0.5, 0.6) is 0 Å². The Morgan fingerprint density at radius 3 is 2.43 bits per heavy atom. The number of nitrogens with one attached hydrogen (secondary N) is 2. The Balaban J connectivity index is 1.47. The quantitative estimate of drug-likeness (QED) is 0.679. The second-order valence-electron chi connectivity index (χ2n) is 6.52. The summed E-state index contributed by atoms with van der Waals surface area (Å²) < 4.78 is 17.8. The second-order valence-corrected chi connectivity index (χ2v) is 6.95. The van der Waals surface area contributed by atoms with Crippen LogP contribution >= 0.6 is 11.6 Å². The lowest BCUT2D eigenvalue weighted by atomic mass is 10.1. The number of hydrazine groups is 1. The Bertz CT molecular complexity index is 965. The van der Waals surface area contributed by atoms with Crippen LogP contribution in [0, 0.1) is 11.7 Å². The van der Waals surface area contributed by atoms with Gasteiger partial charge in [-0.25, -0.2) is 4.39 Å². The van der Waals surface area contributed by atoms with Crippen LogP contribution in [-0.4, -0.2) is 41.9 Å². The van der Waals surface area contributed by atoms with Gasteiger partial charge in [-0.1, -0.05) is 11.6 Å². The van der Waals surface area contributed by atoms with Gasteiger partial charge in [-0.15, -0.1) is 0 Å². The number of hydrogen-bond donors (Lipinski definition) is 2. The van der Waals surface area contributed by atoms with E-state index < -0.39 is 42.0 Å². The van der Waals surface area contributed by atoms with Gasteiger partial charge in [-0.05, 0) is 48.5 Å². The van der Waals surface area contributed by atoms with Gasteiger partial charge >= 0.3 is 5.97 Å². The van der Waals surface area contributed by atoms with Crippen LogP contribution in [0.15, 0.2) is 48.5 Å². The molecule has 0 aromatic heterocycles. The molecule has 0 radical (unpaired) electrons. The van der Waals surface area contributed by atoms with E-state index in [1.54, 1.807) is 12.1 Å². The molecule has 0 spiro atoms. The van der Waals surface area contributed by atoms with Crippen LogP contribution in [0.1, 0.15) is 16.8 Å². The Morgan fingerprint density at radius 2 is 1.77 bits per heavy atom. The number of carbonyl (C=O) groups excluding carboxylic acids is 4. The first-order valence-electron chi connectivity index (χ1n) is 8.91. The van der Waals surface area contributed by atoms with Crippen LogP contribution in [0.3, 0.4) is 0 Å². The van der Waals surface area contributed by atoms with E-state index in [4.69, 9.17) is 16.3 Å². The van der Waals surface area contributed by atoms with Crippen LogP contribution in [0.25, 0.3) is 0 Å². The maximum absolute atomic E-state index is 12.9. The summed E-state index contributed by atoms with van der Waals surface area (Å²) in [6.45, 7) is -0.630. The van der Waals surface area contributed by atoms with E-state index in [2.05, 4.69) is 10.7 Å². The molecule has 2 aromatic rings. The fraction of sp³-hybridized carbons (Fsp3) is 0.200. The first-order valence-corrected chi connectivity index (χ1v) is 9.28. The molecule has 2 N–H and O–H groups in total. The first kappa shape index (κ1) is 21.3. The molecule has 0 bridgehead atoms. The minimum absolute atomic E-state index is 0.0728. The molecule has 1 heterocycles. The Labute approximate surface area is 175 Å². The molecule has 0 unspecified atom stereocenters. The van der Waals surface area contributed by atoms with Crippen molar-refractivity contribution in [2.45, 2.75) is 6.42 Å². The zero-order valence-electron chi connectivity index (χ0n) is 15.6. The van der Waals surface area contributed by atoms with Crippen molar-refractivity contribution in [2.24, 2.45) is 5.92 Å². The van der Waals surface area contributed by atoms with Crippen LogP contribution < -0.4 is 10.7 Å². The summed E-state index contributed by atoms with van der Waals surface area (Å²) in [5.74, 6) is -3.57. The van der Waals surface area contributed by atoms with Gasteiger partial charge in [0.15, 0.2) is 6.61 Å². The number of benzene rings is 2. The maximum atomic E-state index is 12.9. The third-order valence-electron chi connectivity index (χ3n) is 4.27. The highest BCUT2D eigenvalue weighted by molar-refractivity contribution is 6.30. The van der Waals surface area contributed by atoms with Crippen molar-refractivity contribution in [3.63, 3.8) is 0 Å². The van der Waals surface area contributed by atoms with Crippen LogP contribution in [0.4, 0.5) is 10.1 Å². The van der Waals surface area contributed by atoms with Gasteiger partial charge in [0.05, 0.1) is 12.5 Å². The summed E-state index contributed by atoms with van der Waals surface area (Å²) in [4.78, 5) is 48.3. The largest absolute Gasteiger partial charge is 0.455 e. The van der Waals surface area contributed by atoms with Gasteiger partial charge in [-0.2, -0.15) is 0 Å². The molecule has 2 aromatic carbocycles. The minimum atomic E-state index is -0.818. The molecule has 3 amide bonds. The van der Waals surface area contributed by atoms with Gasteiger partial charge in [-0.3, -0.25) is 29.6 Å². The topological polar surface area (TPSA) is 105 Å². The van der Waals surface area contributed by atoms with Gasteiger partial charge in [0, 0.05) is 22.7 Å². The predicted octanol–water partition coefficient (Wildman–Crippen LogP) is 2.15. The number of hydrogen-bond acceptors (Lipinski definition) is 5. The van der Waals surface area contributed by atoms with E-state index in [-0.39, 0.29) is 13.0 Å². The lowest BCUT2D eigenvalue weighted by Crippen LogP contribution is -2.43. The second kappa shape index (κ2) is 9.36. The third kappa shape index (κ3) is 5.54. The summed E-state index contributed by atoms with van der Waals surface area (Å²) >= 11 is 5.78. The number of halogens is 2. The Morgan fingerprint density at radius 1 is 1.10 bits per heavy atom. The van der Waals surface area contributed by atoms with E-state index in [1.807, 2.05) is 0 Å². The molecular formula is C20H17ClFN3O5. The van der Waals surface area contributed by atoms with Gasteiger partial charge in [0.25, 0.3) is 11.8 Å². The minimum Gasteiger partial charge on any atom is -0.455 e. The van der Waals surface area contributed by atoms with Crippen molar-refractivity contribution in [2.75, 3.05) is 18.5 Å². The molecule has 0 aliphatic carbocycles. The number of amides is 3. The molecule has 1 aliphatic heterocycles. The van der Waals surface area contributed by atoms with Crippen molar-refractivity contribution < 1.29 is 28.3 Å². The molecule has 156 valence electrons. The van der Waals surface area contributed by atoms with Crippen molar-refractivity contribution in [1.82, 2.24) is 10.4 Å². The average molecular weight is 434 g/mol. The Hall–Kier alpha value is -3.46. The first-order chi connectivity index (χ1) is 14.3. The molecule has 1 fully saturated rings. The number of anilines is 1. The van der Waals surface area contributed by atoms with Crippen molar-refractivity contribution >= 4 is 41.0 Å². The molecule has 1 atom stereocenters. The number of esters is 1. The molecule has 10 heteroatoms. The number of rotatable bonds is 6. The smallest absolute Gasteiger partial charge is 0.311 e. The van der Waals surface area contributed by atoms with Gasteiger partial charge in [0.2, 0.25) is 5.91 Å². The highest BCUT2D eigenvalue weighted by atomic mass is 35.5. The number of nitrogens with zero attached hydrogens (tertiary/aromatic N) is 1. The van der Waals surface area contributed by atoms with Gasteiger partial charge in [0.1, 0.15) is 5.82 Å². The van der Waals surface area contributed by atoms with Crippen molar-refractivity contribution in [3.05, 3.63) is 64.9 Å². The summed E-state index contributed by atoms with van der Waals surface area (Å²) in [7, 11) is 0. The number of carbonyl (C=O) groups is 4. The predicted molar refractivity (Wildman–Crippen MR) is 105 cm³/mol. The third-order valence-corrected chi connectivity index (χ3v) is 4.53.